The molecule has 0 aromatic carbocycles. The molecule has 0 saturated carbocycles. The van der Waals surface area contributed by atoms with Crippen LogP contribution in [0.15, 0.2) is 39.4 Å². The number of nitrogens with zero attached hydrogens (tertiary/aromatic N) is 2. The molecule has 3 nitrogen and oxygen atoms in total. The van der Waals surface area contributed by atoms with Crippen LogP contribution in [0.3, 0.4) is 0 Å². The molecule has 0 spiro atoms. The van der Waals surface area contributed by atoms with E-state index in [-0.39, 0.29) is 0 Å². The van der Waals surface area contributed by atoms with Gasteiger partial charge >= 0.3 is 0 Å². The quantitative estimate of drug-likeness (QED) is 0.720. The van der Waals surface area contributed by atoms with Crippen LogP contribution >= 0.6 is 11.8 Å². The molecule has 0 atom stereocenters. The molecule has 1 aliphatic rings. The van der Waals surface area contributed by atoms with Crippen molar-refractivity contribution in [1.82, 2.24) is 0 Å². The zero-order chi connectivity index (χ0) is 10.7. The maximum absolute atomic E-state index is 8.97. The zero-order valence-electron chi connectivity index (χ0n) is 7.73. The van der Waals surface area contributed by atoms with Gasteiger partial charge in [-0.1, -0.05) is 11.8 Å². The van der Waals surface area contributed by atoms with Crippen molar-refractivity contribution in [3.8, 4) is 12.1 Å². The molecular weight excluding hydrogens is 208 g/mol. The van der Waals surface area contributed by atoms with E-state index >= 15 is 0 Å². The molecule has 72 valence electrons. The van der Waals surface area contributed by atoms with Crippen molar-refractivity contribution < 1.29 is 4.42 Å². The first kappa shape index (κ1) is 9.64. The Hall–Kier alpha value is -1.91. The van der Waals surface area contributed by atoms with Crippen LogP contribution in [-0.4, -0.2) is 0 Å². The van der Waals surface area contributed by atoms with Crippen LogP contribution in [0.1, 0.15) is 12.2 Å². The van der Waals surface area contributed by atoms with Gasteiger partial charge in [-0.05, 0) is 17.5 Å². The molecule has 0 unspecified atom stereocenters. The lowest BCUT2D eigenvalue weighted by atomic mass is 10.1. The molecule has 4 heteroatoms. The van der Waals surface area contributed by atoms with E-state index in [0.29, 0.717) is 23.3 Å². The number of rotatable bonds is 1. The first-order chi connectivity index (χ1) is 7.35. The number of furan rings is 1. The fraction of sp³-hybridized carbons (Fsp3) is 0.0909. The number of hydrogen-bond donors (Lipinski definition) is 0. The molecule has 0 saturated heterocycles. The van der Waals surface area contributed by atoms with Crippen molar-refractivity contribution in [1.29, 1.82) is 10.5 Å². The number of allylic oxidation sites excluding steroid dienone is 2. The normalized spacial score (nSPS) is 15.5. The summed E-state index contributed by atoms with van der Waals surface area (Å²) in [5.74, 6) is 0.685. The van der Waals surface area contributed by atoms with Gasteiger partial charge in [-0.2, -0.15) is 10.5 Å². The molecule has 1 aromatic heterocycles. The van der Waals surface area contributed by atoms with Gasteiger partial charge in [-0.15, -0.1) is 0 Å². The van der Waals surface area contributed by atoms with E-state index in [1.54, 1.807) is 17.7 Å². The molecular formula is C11H6N2OS. The van der Waals surface area contributed by atoms with Crippen LogP contribution in [0.5, 0.6) is 0 Å². The van der Waals surface area contributed by atoms with Crippen LogP contribution in [0.2, 0.25) is 0 Å². The zero-order valence-corrected chi connectivity index (χ0v) is 8.54. The summed E-state index contributed by atoms with van der Waals surface area (Å²) < 4.78 is 5.23. The molecule has 0 N–H and O–H groups in total. The Kier molecular flexibility index (Phi) is 2.62. The van der Waals surface area contributed by atoms with Gasteiger partial charge in [0.15, 0.2) is 0 Å². The van der Waals surface area contributed by atoms with Crippen molar-refractivity contribution in [2.24, 2.45) is 0 Å². The Morgan fingerprint density at radius 2 is 2.20 bits per heavy atom. The van der Waals surface area contributed by atoms with Gasteiger partial charge in [0.05, 0.1) is 28.9 Å². The van der Waals surface area contributed by atoms with Gasteiger partial charge in [-0.3, -0.25) is 0 Å². The summed E-state index contributed by atoms with van der Waals surface area (Å²) in [5, 5.41) is 19.5. The second-order valence-electron chi connectivity index (χ2n) is 2.95. The topological polar surface area (TPSA) is 60.7 Å². The van der Waals surface area contributed by atoms with E-state index in [9.17, 15) is 0 Å². The highest BCUT2D eigenvalue weighted by Gasteiger charge is 2.17. The average molecular weight is 214 g/mol. The molecule has 0 bridgehead atoms. The van der Waals surface area contributed by atoms with Gasteiger partial charge in [0.25, 0.3) is 0 Å². The van der Waals surface area contributed by atoms with Gasteiger partial charge in [-0.25, -0.2) is 0 Å². The smallest absolute Gasteiger partial charge is 0.141 e. The lowest BCUT2D eigenvalue weighted by molar-refractivity contribution is 0.555. The maximum atomic E-state index is 8.97. The first-order valence-corrected chi connectivity index (χ1v) is 5.16. The van der Waals surface area contributed by atoms with E-state index in [1.807, 2.05) is 6.07 Å². The summed E-state index contributed by atoms with van der Waals surface area (Å²) in [5.41, 5.74) is 1.21. The van der Waals surface area contributed by atoms with E-state index in [2.05, 4.69) is 12.1 Å². The van der Waals surface area contributed by atoms with E-state index in [1.165, 1.54) is 11.8 Å². The highest BCUT2D eigenvalue weighted by molar-refractivity contribution is 8.11. The minimum atomic E-state index is 0.399. The standard InChI is InChI=1S/C11H6N2OS/c12-5-8-4-9(6-13)11(15-7-8)10-2-1-3-14-10/h1-3,7H,4H2. The highest BCUT2D eigenvalue weighted by atomic mass is 32.2. The summed E-state index contributed by atoms with van der Waals surface area (Å²) in [6.45, 7) is 0. The molecule has 15 heavy (non-hydrogen) atoms. The molecule has 1 aliphatic heterocycles. The van der Waals surface area contributed by atoms with Crippen molar-refractivity contribution >= 4 is 16.7 Å². The van der Waals surface area contributed by atoms with Gasteiger partial charge in [0.2, 0.25) is 0 Å². The van der Waals surface area contributed by atoms with Crippen LogP contribution in [0.25, 0.3) is 4.91 Å². The second kappa shape index (κ2) is 4.08. The van der Waals surface area contributed by atoms with Gasteiger partial charge in [0.1, 0.15) is 5.76 Å². The number of hydrogen-bond acceptors (Lipinski definition) is 4. The third-order valence-electron chi connectivity index (χ3n) is 1.98. The average Bonchev–Trinajstić information content (AvgIpc) is 2.81. The van der Waals surface area contributed by atoms with Crippen molar-refractivity contribution in [3.05, 3.63) is 40.7 Å². The third kappa shape index (κ3) is 1.81. The molecule has 0 fully saturated rings. The maximum Gasteiger partial charge on any atom is 0.141 e. The van der Waals surface area contributed by atoms with Crippen molar-refractivity contribution in [2.75, 3.05) is 0 Å². The summed E-state index contributed by atoms with van der Waals surface area (Å²) in [4.78, 5) is 0.807. The molecule has 0 radical (unpaired) electrons. The molecule has 2 rings (SSSR count). The second-order valence-corrected chi connectivity index (χ2v) is 3.83. The Labute approximate surface area is 91.3 Å². The minimum absolute atomic E-state index is 0.399. The van der Waals surface area contributed by atoms with Crippen LogP contribution in [-0.2, 0) is 0 Å². The van der Waals surface area contributed by atoms with E-state index in [0.717, 1.165) is 4.91 Å². The molecule has 0 amide bonds. The summed E-state index contributed by atoms with van der Waals surface area (Å²) in [7, 11) is 0. The Morgan fingerprint density at radius 3 is 2.80 bits per heavy atom. The van der Waals surface area contributed by atoms with Crippen LogP contribution < -0.4 is 0 Å². The molecule has 0 aliphatic carbocycles. The van der Waals surface area contributed by atoms with Crippen LogP contribution in [0.4, 0.5) is 0 Å². The Balaban J connectivity index is 2.38. The Bertz CT molecular complexity index is 512. The Morgan fingerprint density at radius 1 is 1.33 bits per heavy atom. The summed E-state index contributed by atoms with van der Waals surface area (Å²) >= 11 is 1.37. The fourth-order valence-corrected chi connectivity index (χ4v) is 2.17. The van der Waals surface area contributed by atoms with Gasteiger partial charge < -0.3 is 4.42 Å². The predicted octanol–water partition coefficient (Wildman–Crippen LogP) is 3.06. The van der Waals surface area contributed by atoms with Gasteiger partial charge in [0, 0.05) is 12.0 Å². The van der Waals surface area contributed by atoms with E-state index < -0.39 is 0 Å². The van der Waals surface area contributed by atoms with Crippen molar-refractivity contribution in [2.45, 2.75) is 6.42 Å². The fourth-order valence-electron chi connectivity index (χ4n) is 1.28. The molecule has 2 heterocycles. The highest BCUT2D eigenvalue weighted by Crippen LogP contribution is 2.38. The first-order valence-electron chi connectivity index (χ1n) is 4.28. The number of thioether (sulfide) groups is 1. The molecule has 1 aromatic rings. The lowest BCUT2D eigenvalue weighted by Crippen LogP contribution is -1.92. The summed E-state index contributed by atoms with van der Waals surface area (Å²) in [6, 6.07) is 7.76. The largest absolute Gasteiger partial charge is 0.464 e. The van der Waals surface area contributed by atoms with Crippen LogP contribution in [0, 0.1) is 22.7 Å². The van der Waals surface area contributed by atoms with E-state index in [4.69, 9.17) is 14.9 Å². The monoisotopic (exact) mass is 214 g/mol. The third-order valence-corrected chi connectivity index (χ3v) is 3.07. The number of nitriles is 2. The van der Waals surface area contributed by atoms with Crippen molar-refractivity contribution in [3.63, 3.8) is 0 Å². The minimum Gasteiger partial charge on any atom is -0.464 e. The summed E-state index contributed by atoms with van der Waals surface area (Å²) in [6.07, 6.45) is 1.97. The predicted molar refractivity (Wildman–Crippen MR) is 57.1 cm³/mol. The SMILES string of the molecule is N#CC1=CSC(c2ccco2)=C(C#N)C1. The lowest BCUT2D eigenvalue weighted by Gasteiger charge is -2.10.